The Labute approximate surface area is 165 Å². The summed E-state index contributed by atoms with van der Waals surface area (Å²) in [5.41, 5.74) is 2.63. The van der Waals surface area contributed by atoms with Gasteiger partial charge in [-0.05, 0) is 54.9 Å². The van der Waals surface area contributed by atoms with Crippen molar-refractivity contribution < 1.29 is 9.53 Å². The number of carbonyl (C=O) groups excluding carboxylic acids is 1. The Morgan fingerprint density at radius 1 is 0.926 bits per heavy atom. The lowest BCUT2D eigenvalue weighted by Gasteiger charge is -2.17. The van der Waals surface area contributed by atoms with E-state index in [2.05, 4.69) is 43.3 Å². The molecule has 0 aromatic heterocycles. The minimum atomic E-state index is 0.337. The molecule has 0 spiro atoms. The Hall–Kier alpha value is -2.09. The molecule has 2 aromatic carbocycles. The fourth-order valence-corrected chi connectivity index (χ4v) is 3.58. The van der Waals surface area contributed by atoms with Gasteiger partial charge in [0.1, 0.15) is 11.5 Å². The molecule has 2 rings (SSSR count). The van der Waals surface area contributed by atoms with Crippen molar-refractivity contribution in [3.05, 3.63) is 65.7 Å². The first-order chi connectivity index (χ1) is 13.2. The van der Waals surface area contributed by atoms with Gasteiger partial charge < -0.3 is 4.74 Å². The second-order valence-electron chi connectivity index (χ2n) is 7.40. The van der Waals surface area contributed by atoms with Gasteiger partial charge in [0.25, 0.3) is 0 Å². The van der Waals surface area contributed by atoms with Gasteiger partial charge in [-0.1, -0.05) is 68.7 Å². The number of hydrogen-bond donors (Lipinski definition) is 0. The van der Waals surface area contributed by atoms with E-state index in [0.717, 1.165) is 31.4 Å². The fraction of sp³-hybridized carbons (Fsp3) is 0.480. The average Bonchev–Trinajstić information content (AvgIpc) is 2.71. The largest absolute Gasteiger partial charge is 0.497 e. The second-order valence-corrected chi connectivity index (χ2v) is 7.40. The van der Waals surface area contributed by atoms with Crippen molar-refractivity contribution in [1.82, 2.24) is 0 Å². The molecule has 0 heterocycles. The van der Waals surface area contributed by atoms with Crippen molar-refractivity contribution in [3.8, 4) is 5.75 Å². The van der Waals surface area contributed by atoms with Gasteiger partial charge in [-0.15, -0.1) is 0 Å². The highest BCUT2D eigenvalue weighted by atomic mass is 16.5. The lowest BCUT2D eigenvalue weighted by Crippen LogP contribution is -2.08. The molecule has 0 aliphatic heterocycles. The van der Waals surface area contributed by atoms with E-state index >= 15 is 0 Å². The SMILES string of the molecule is CCCCCC(CC(=O)CCCCc1ccccc1)c1ccc(OC)cc1. The number of ketones is 1. The minimum absolute atomic E-state index is 0.337. The van der Waals surface area contributed by atoms with E-state index in [-0.39, 0.29) is 0 Å². The summed E-state index contributed by atoms with van der Waals surface area (Å²) < 4.78 is 5.26. The Morgan fingerprint density at radius 2 is 1.67 bits per heavy atom. The molecule has 0 saturated carbocycles. The molecule has 0 amide bonds. The first-order valence-electron chi connectivity index (χ1n) is 10.4. The number of Topliss-reactive ketones (excluding diaryl/α,β-unsaturated/α-hetero) is 1. The van der Waals surface area contributed by atoms with Crippen LogP contribution in [-0.4, -0.2) is 12.9 Å². The average molecular weight is 367 g/mol. The van der Waals surface area contributed by atoms with Crippen LogP contribution in [0.2, 0.25) is 0 Å². The molecule has 1 atom stereocenters. The van der Waals surface area contributed by atoms with Gasteiger partial charge in [0.2, 0.25) is 0 Å². The predicted octanol–water partition coefficient (Wildman–Crippen LogP) is 6.73. The summed E-state index contributed by atoms with van der Waals surface area (Å²) in [6, 6.07) is 18.8. The van der Waals surface area contributed by atoms with Crippen molar-refractivity contribution >= 4 is 5.78 Å². The lowest BCUT2D eigenvalue weighted by atomic mass is 9.87. The summed E-state index contributed by atoms with van der Waals surface area (Å²) >= 11 is 0. The molecule has 0 N–H and O–H groups in total. The summed E-state index contributed by atoms with van der Waals surface area (Å²) in [6.07, 6.45) is 9.23. The summed E-state index contributed by atoms with van der Waals surface area (Å²) in [7, 11) is 1.69. The topological polar surface area (TPSA) is 26.3 Å². The van der Waals surface area contributed by atoms with E-state index < -0.39 is 0 Å². The molecule has 146 valence electrons. The molecule has 2 nitrogen and oxygen atoms in total. The maximum atomic E-state index is 12.6. The van der Waals surface area contributed by atoms with Crippen LogP contribution in [0.15, 0.2) is 54.6 Å². The van der Waals surface area contributed by atoms with Crippen LogP contribution in [0.5, 0.6) is 5.75 Å². The van der Waals surface area contributed by atoms with E-state index in [0.29, 0.717) is 24.5 Å². The molecule has 0 aliphatic rings. The Bertz CT molecular complexity index is 646. The highest BCUT2D eigenvalue weighted by Gasteiger charge is 2.16. The van der Waals surface area contributed by atoms with E-state index in [1.54, 1.807) is 7.11 Å². The Morgan fingerprint density at radius 3 is 2.33 bits per heavy atom. The summed E-state index contributed by atoms with van der Waals surface area (Å²) in [6.45, 7) is 2.22. The molecule has 2 heteroatoms. The van der Waals surface area contributed by atoms with E-state index in [9.17, 15) is 4.79 Å². The van der Waals surface area contributed by atoms with Gasteiger partial charge in [-0.3, -0.25) is 4.79 Å². The number of carbonyl (C=O) groups is 1. The molecule has 0 fully saturated rings. The van der Waals surface area contributed by atoms with Crippen LogP contribution in [0, 0.1) is 0 Å². The van der Waals surface area contributed by atoms with Gasteiger partial charge in [0.15, 0.2) is 0 Å². The number of methoxy groups -OCH3 is 1. The van der Waals surface area contributed by atoms with Crippen molar-refractivity contribution in [2.45, 2.75) is 70.6 Å². The van der Waals surface area contributed by atoms with E-state index in [1.165, 1.54) is 30.4 Å². The Kier molecular flexibility index (Phi) is 9.68. The predicted molar refractivity (Wildman–Crippen MR) is 113 cm³/mol. The summed E-state index contributed by atoms with van der Waals surface area (Å²) in [4.78, 5) is 12.6. The van der Waals surface area contributed by atoms with Crippen molar-refractivity contribution in [3.63, 3.8) is 0 Å². The van der Waals surface area contributed by atoms with Gasteiger partial charge in [0.05, 0.1) is 7.11 Å². The highest BCUT2D eigenvalue weighted by Crippen LogP contribution is 2.28. The van der Waals surface area contributed by atoms with Crippen LogP contribution in [-0.2, 0) is 11.2 Å². The first-order valence-corrected chi connectivity index (χ1v) is 10.4. The van der Waals surface area contributed by atoms with E-state index in [1.807, 2.05) is 18.2 Å². The maximum Gasteiger partial charge on any atom is 0.133 e. The smallest absolute Gasteiger partial charge is 0.133 e. The maximum absolute atomic E-state index is 12.6. The molecule has 0 radical (unpaired) electrons. The summed E-state index contributed by atoms with van der Waals surface area (Å²) in [5, 5.41) is 0. The van der Waals surface area contributed by atoms with Gasteiger partial charge in [-0.25, -0.2) is 0 Å². The normalized spacial score (nSPS) is 11.9. The number of unbranched alkanes of at least 4 members (excludes halogenated alkanes) is 3. The standard InChI is InChI=1S/C25H34O2/c1-3-4-6-14-23(22-16-18-25(27-2)19-17-22)20-24(26)15-10-9-13-21-11-7-5-8-12-21/h5,7-8,11-12,16-19,23H,3-4,6,9-10,13-15,20H2,1-2H3. The highest BCUT2D eigenvalue weighted by molar-refractivity contribution is 5.79. The third-order valence-electron chi connectivity index (χ3n) is 5.23. The van der Waals surface area contributed by atoms with Gasteiger partial charge >= 0.3 is 0 Å². The minimum Gasteiger partial charge on any atom is -0.497 e. The zero-order valence-corrected chi connectivity index (χ0v) is 17.0. The molecule has 2 aromatic rings. The van der Waals surface area contributed by atoms with Crippen LogP contribution in [0.3, 0.4) is 0 Å². The van der Waals surface area contributed by atoms with Crippen molar-refractivity contribution in [1.29, 1.82) is 0 Å². The zero-order chi connectivity index (χ0) is 19.3. The second kappa shape index (κ2) is 12.3. The van der Waals surface area contributed by atoms with Crippen molar-refractivity contribution in [2.24, 2.45) is 0 Å². The number of benzene rings is 2. The molecule has 0 bridgehead atoms. The number of hydrogen-bond acceptors (Lipinski definition) is 2. The third kappa shape index (κ3) is 7.99. The monoisotopic (exact) mass is 366 g/mol. The van der Waals surface area contributed by atoms with Crippen molar-refractivity contribution in [2.75, 3.05) is 7.11 Å². The van der Waals surface area contributed by atoms with Crippen LogP contribution in [0.25, 0.3) is 0 Å². The quantitative estimate of drug-likeness (QED) is 0.367. The first kappa shape index (κ1) is 21.2. The molecular weight excluding hydrogens is 332 g/mol. The fourth-order valence-electron chi connectivity index (χ4n) is 3.58. The molecule has 1 unspecified atom stereocenters. The number of rotatable bonds is 13. The molecule has 0 aliphatic carbocycles. The van der Waals surface area contributed by atoms with E-state index in [4.69, 9.17) is 4.74 Å². The number of ether oxygens (including phenoxy) is 1. The third-order valence-corrected chi connectivity index (χ3v) is 5.23. The van der Waals surface area contributed by atoms with Crippen LogP contribution in [0.1, 0.15) is 75.3 Å². The van der Waals surface area contributed by atoms with Crippen LogP contribution >= 0.6 is 0 Å². The summed E-state index contributed by atoms with van der Waals surface area (Å²) in [5.74, 6) is 1.61. The molecule has 27 heavy (non-hydrogen) atoms. The molecule has 0 saturated heterocycles. The van der Waals surface area contributed by atoms with Crippen LogP contribution in [0.4, 0.5) is 0 Å². The molecular formula is C25H34O2. The van der Waals surface area contributed by atoms with Crippen LogP contribution < -0.4 is 4.74 Å². The Balaban J connectivity index is 1.82. The van der Waals surface area contributed by atoms with Gasteiger partial charge in [0, 0.05) is 12.8 Å². The lowest BCUT2D eigenvalue weighted by molar-refractivity contribution is -0.119. The van der Waals surface area contributed by atoms with Gasteiger partial charge in [-0.2, -0.15) is 0 Å². The number of aryl methyl sites for hydroxylation is 1. The zero-order valence-electron chi connectivity index (χ0n) is 17.0.